The van der Waals surface area contributed by atoms with Crippen LogP contribution in [0, 0.1) is 0 Å². The fourth-order valence-electron chi connectivity index (χ4n) is 1.93. The lowest BCUT2D eigenvalue weighted by atomic mass is 9.98. The van der Waals surface area contributed by atoms with Crippen molar-refractivity contribution in [3.05, 3.63) is 35.0 Å². The Morgan fingerprint density at radius 1 is 1.41 bits per heavy atom. The van der Waals surface area contributed by atoms with Gasteiger partial charge in [-0.2, -0.15) is 0 Å². The number of anilines is 1. The van der Waals surface area contributed by atoms with Crippen molar-refractivity contribution < 1.29 is 14.7 Å². The van der Waals surface area contributed by atoms with Gasteiger partial charge in [0.05, 0.1) is 0 Å². The molecule has 0 fully saturated rings. The van der Waals surface area contributed by atoms with Crippen LogP contribution in [0.5, 0.6) is 0 Å². The molecule has 2 rings (SSSR count). The second-order valence-corrected chi connectivity index (χ2v) is 4.09. The highest BCUT2D eigenvalue weighted by atomic mass is 16.4. The first kappa shape index (κ1) is 11.4. The zero-order valence-electron chi connectivity index (χ0n) is 9.32. The van der Waals surface area contributed by atoms with Crippen LogP contribution >= 0.6 is 0 Å². The summed E-state index contributed by atoms with van der Waals surface area (Å²) in [6, 6.07) is 5.84. The number of carbonyl (C=O) groups is 1. The van der Waals surface area contributed by atoms with E-state index in [4.69, 9.17) is 5.11 Å². The first-order valence-corrected chi connectivity index (χ1v) is 5.53. The average Bonchev–Trinajstić information content (AvgIpc) is 2.35. The summed E-state index contributed by atoms with van der Waals surface area (Å²) < 4.78 is 0. The van der Waals surface area contributed by atoms with Gasteiger partial charge in [-0.25, -0.2) is 4.79 Å². The van der Waals surface area contributed by atoms with Crippen molar-refractivity contribution in [2.45, 2.75) is 25.7 Å². The van der Waals surface area contributed by atoms with Gasteiger partial charge >= 0.3 is 5.97 Å². The van der Waals surface area contributed by atoms with Gasteiger partial charge in [-0.3, -0.25) is 4.79 Å². The molecule has 0 spiro atoms. The molecule has 4 nitrogen and oxygen atoms in total. The predicted octanol–water partition coefficient (Wildman–Crippen LogP) is 1.78. The topological polar surface area (TPSA) is 66.4 Å². The lowest BCUT2D eigenvalue weighted by molar-refractivity contribution is -0.136. The first-order chi connectivity index (χ1) is 8.19. The van der Waals surface area contributed by atoms with E-state index >= 15 is 0 Å². The molecule has 0 unspecified atom stereocenters. The van der Waals surface area contributed by atoms with Crippen molar-refractivity contribution in [1.29, 1.82) is 0 Å². The molecule has 1 aromatic carbocycles. The summed E-state index contributed by atoms with van der Waals surface area (Å²) in [4.78, 5) is 21.1. The number of hydrogen-bond acceptors (Lipinski definition) is 3. The van der Waals surface area contributed by atoms with E-state index < -0.39 is 5.97 Å². The molecule has 0 amide bonds. The molecule has 17 heavy (non-hydrogen) atoms. The molecule has 88 valence electrons. The molecular weight excluding hydrogens is 218 g/mol. The van der Waals surface area contributed by atoms with E-state index in [-0.39, 0.29) is 6.42 Å². The number of carboxylic acids is 1. The monoisotopic (exact) mass is 231 g/mol. The highest BCUT2D eigenvalue weighted by Crippen LogP contribution is 2.26. The summed E-state index contributed by atoms with van der Waals surface area (Å²) in [5, 5.41) is 11.6. The van der Waals surface area contributed by atoms with Gasteiger partial charge in [-0.15, -0.1) is 0 Å². The van der Waals surface area contributed by atoms with Gasteiger partial charge in [0.2, 0.25) is 0 Å². The van der Waals surface area contributed by atoms with E-state index in [0.717, 1.165) is 23.2 Å². The third-order valence-corrected chi connectivity index (χ3v) is 2.85. The summed E-state index contributed by atoms with van der Waals surface area (Å²) in [5.74, 6) is 1.07. The van der Waals surface area contributed by atoms with Gasteiger partial charge in [0, 0.05) is 18.5 Å². The van der Waals surface area contributed by atoms with Crippen molar-refractivity contribution in [3.63, 3.8) is 0 Å². The maximum Gasteiger partial charge on any atom is 0.303 e. The summed E-state index contributed by atoms with van der Waals surface area (Å²) in [6.45, 7) is 0. The SMILES string of the molecule is O=C=C1CCc2ccc(CCC(=O)O)cc2N1. The van der Waals surface area contributed by atoms with Crippen LogP contribution in [0.25, 0.3) is 0 Å². The van der Waals surface area contributed by atoms with E-state index in [1.807, 2.05) is 24.1 Å². The first-order valence-electron chi connectivity index (χ1n) is 5.53. The Kier molecular flexibility index (Phi) is 3.26. The predicted molar refractivity (Wildman–Crippen MR) is 63.5 cm³/mol. The molecule has 0 aliphatic carbocycles. The Labute approximate surface area is 99.0 Å². The molecule has 0 atom stereocenters. The van der Waals surface area contributed by atoms with E-state index in [0.29, 0.717) is 18.5 Å². The van der Waals surface area contributed by atoms with Crippen LogP contribution in [0.1, 0.15) is 24.0 Å². The van der Waals surface area contributed by atoms with Crippen molar-refractivity contribution in [2.75, 3.05) is 5.32 Å². The quantitative estimate of drug-likeness (QED) is 0.778. The molecule has 0 radical (unpaired) electrons. The van der Waals surface area contributed by atoms with Crippen LogP contribution in [0.2, 0.25) is 0 Å². The number of hydrogen-bond donors (Lipinski definition) is 2. The normalized spacial score (nSPS) is 13.5. The minimum Gasteiger partial charge on any atom is -0.481 e. The Bertz CT molecular complexity index is 501. The minimum atomic E-state index is -0.802. The fraction of sp³-hybridized carbons (Fsp3) is 0.308. The Hall–Kier alpha value is -2.06. The van der Waals surface area contributed by atoms with Gasteiger partial charge in [0.1, 0.15) is 11.6 Å². The van der Waals surface area contributed by atoms with Crippen molar-refractivity contribution in [1.82, 2.24) is 0 Å². The van der Waals surface area contributed by atoms with Gasteiger partial charge in [-0.1, -0.05) is 12.1 Å². The Morgan fingerprint density at radius 2 is 2.24 bits per heavy atom. The third kappa shape index (κ3) is 2.74. The zero-order valence-corrected chi connectivity index (χ0v) is 9.32. The third-order valence-electron chi connectivity index (χ3n) is 2.85. The van der Waals surface area contributed by atoms with Crippen LogP contribution in [-0.2, 0) is 22.4 Å². The van der Waals surface area contributed by atoms with E-state index in [1.165, 1.54) is 0 Å². The van der Waals surface area contributed by atoms with Crippen LogP contribution in [-0.4, -0.2) is 17.0 Å². The summed E-state index contributed by atoms with van der Waals surface area (Å²) >= 11 is 0. The number of nitrogens with one attached hydrogen (secondary N) is 1. The maximum absolute atomic E-state index is 10.6. The van der Waals surface area contributed by atoms with Crippen LogP contribution in [0.3, 0.4) is 0 Å². The number of aryl methyl sites for hydroxylation is 2. The number of allylic oxidation sites excluding steroid dienone is 1. The second-order valence-electron chi connectivity index (χ2n) is 4.09. The van der Waals surface area contributed by atoms with Crippen molar-refractivity contribution in [3.8, 4) is 0 Å². The molecule has 1 aliphatic heterocycles. The molecule has 0 saturated heterocycles. The molecule has 0 bridgehead atoms. The summed E-state index contributed by atoms with van der Waals surface area (Å²) in [6.07, 6.45) is 2.14. The standard InChI is InChI=1S/C13H13NO3/c15-8-11-5-4-10-3-1-9(2-6-13(16)17)7-12(10)14-11/h1,3,7,14H,2,4-6H2,(H,16,17). The smallest absolute Gasteiger partial charge is 0.303 e. The number of benzene rings is 1. The van der Waals surface area contributed by atoms with Gasteiger partial charge < -0.3 is 10.4 Å². The molecule has 2 N–H and O–H groups in total. The van der Waals surface area contributed by atoms with Crippen molar-refractivity contribution >= 4 is 17.6 Å². The maximum atomic E-state index is 10.6. The number of aliphatic carboxylic acids is 1. The lowest BCUT2D eigenvalue weighted by Gasteiger charge is -2.19. The van der Waals surface area contributed by atoms with E-state index in [9.17, 15) is 9.59 Å². The Balaban J connectivity index is 2.18. The van der Waals surface area contributed by atoms with Gasteiger partial charge in [0.25, 0.3) is 0 Å². The largest absolute Gasteiger partial charge is 0.481 e. The van der Waals surface area contributed by atoms with Crippen LogP contribution in [0.15, 0.2) is 23.9 Å². The molecule has 4 heteroatoms. The number of fused-ring (bicyclic) bond motifs is 1. The molecule has 0 aromatic heterocycles. The second kappa shape index (κ2) is 4.85. The summed E-state index contributed by atoms with van der Waals surface area (Å²) in [5.41, 5.74) is 3.58. The summed E-state index contributed by atoms with van der Waals surface area (Å²) in [7, 11) is 0. The van der Waals surface area contributed by atoms with Crippen molar-refractivity contribution in [2.24, 2.45) is 0 Å². The zero-order chi connectivity index (χ0) is 12.3. The highest BCUT2D eigenvalue weighted by molar-refractivity contribution is 5.69. The number of carboxylic acid groups (broad SMARTS) is 1. The molecule has 0 saturated carbocycles. The fourth-order valence-corrected chi connectivity index (χ4v) is 1.93. The molecule has 1 aliphatic rings. The minimum absolute atomic E-state index is 0.120. The molecular formula is C13H13NO3. The molecule has 1 heterocycles. The average molecular weight is 231 g/mol. The van der Waals surface area contributed by atoms with Crippen LogP contribution in [0.4, 0.5) is 5.69 Å². The van der Waals surface area contributed by atoms with Gasteiger partial charge in [0.15, 0.2) is 0 Å². The number of rotatable bonds is 3. The van der Waals surface area contributed by atoms with Crippen LogP contribution < -0.4 is 5.32 Å². The number of carbonyl (C=O) groups excluding carboxylic acids is 1. The highest BCUT2D eigenvalue weighted by Gasteiger charge is 2.13. The van der Waals surface area contributed by atoms with E-state index in [2.05, 4.69) is 5.32 Å². The lowest BCUT2D eigenvalue weighted by Crippen LogP contribution is -2.11. The molecule has 1 aromatic rings. The van der Waals surface area contributed by atoms with E-state index in [1.54, 1.807) is 0 Å². The van der Waals surface area contributed by atoms with Gasteiger partial charge in [-0.05, 0) is 30.0 Å². The Morgan fingerprint density at radius 3 is 2.94 bits per heavy atom.